The molecule has 0 aromatic heterocycles. The molecule has 1 aliphatic heterocycles. The van der Waals surface area contributed by atoms with Gasteiger partial charge in [0.15, 0.2) is 0 Å². The van der Waals surface area contributed by atoms with Crippen LogP contribution in [-0.2, 0) is 4.79 Å². The summed E-state index contributed by atoms with van der Waals surface area (Å²) in [6, 6.07) is 19.1. The topological polar surface area (TPSA) is 49.4 Å². The number of benzene rings is 3. The van der Waals surface area contributed by atoms with E-state index in [9.17, 15) is 18.4 Å². The van der Waals surface area contributed by atoms with Crippen molar-refractivity contribution >= 4 is 17.5 Å². The summed E-state index contributed by atoms with van der Waals surface area (Å²) < 4.78 is 26.6. The molecule has 0 bridgehead atoms. The molecule has 6 heteroatoms. The number of hydrogen-bond donors (Lipinski definition) is 1. The zero-order valence-corrected chi connectivity index (χ0v) is 16.9. The van der Waals surface area contributed by atoms with E-state index in [0.717, 1.165) is 11.1 Å². The lowest BCUT2D eigenvalue weighted by Gasteiger charge is -2.32. The average molecular weight is 420 g/mol. The van der Waals surface area contributed by atoms with Gasteiger partial charge in [-0.25, -0.2) is 8.78 Å². The maximum absolute atomic E-state index is 13.5. The van der Waals surface area contributed by atoms with Gasteiger partial charge in [0, 0.05) is 24.3 Å². The van der Waals surface area contributed by atoms with Gasteiger partial charge >= 0.3 is 0 Å². The number of halogens is 2. The molecule has 4 nitrogen and oxygen atoms in total. The molecule has 0 unspecified atom stereocenters. The van der Waals surface area contributed by atoms with Gasteiger partial charge in [-0.15, -0.1) is 0 Å². The van der Waals surface area contributed by atoms with Crippen LogP contribution >= 0.6 is 0 Å². The van der Waals surface area contributed by atoms with E-state index in [2.05, 4.69) is 5.32 Å². The molecule has 1 atom stereocenters. The Morgan fingerprint density at radius 2 is 1.65 bits per heavy atom. The van der Waals surface area contributed by atoms with Gasteiger partial charge in [-0.3, -0.25) is 9.59 Å². The predicted molar refractivity (Wildman–Crippen MR) is 115 cm³/mol. The molecule has 1 heterocycles. The van der Waals surface area contributed by atoms with Crippen molar-refractivity contribution in [2.45, 2.75) is 12.8 Å². The summed E-state index contributed by atoms with van der Waals surface area (Å²) >= 11 is 0. The zero-order chi connectivity index (χ0) is 21.8. The van der Waals surface area contributed by atoms with E-state index in [1.807, 2.05) is 18.2 Å². The van der Waals surface area contributed by atoms with Gasteiger partial charge in [-0.05, 0) is 66.4 Å². The number of likely N-dealkylation sites (tertiary alicyclic amines) is 1. The van der Waals surface area contributed by atoms with Crippen molar-refractivity contribution in [3.63, 3.8) is 0 Å². The second kappa shape index (κ2) is 9.08. The molecule has 1 fully saturated rings. The number of rotatable bonds is 4. The number of amides is 2. The Morgan fingerprint density at radius 3 is 2.42 bits per heavy atom. The van der Waals surface area contributed by atoms with Gasteiger partial charge in [0.1, 0.15) is 11.6 Å². The summed E-state index contributed by atoms with van der Waals surface area (Å²) in [6.45, 7) is 0.831. The van der Waals surface area contributed by atoms with E-state index < -0.39 is 5.82 Å². The Hall–Kier alpha value is -3.54. The third-order valence-electron chi connectivity index (χ3n) is 5.46. The van der Waals surface area contributed by atoms with Gasteiger partial charge in [0.2, 0.25) is 5.91 Å². The molecular formula is C25H22F2N2O2. The fourth-order valence-corrected chi connectivity index (χ4v) is 3.84. The van der Waals surface area contributed by atoms with Gasteiger partial charge in [0.05, 0.1) is 5.92 Å². The summed E-state index contributed by atoms with van der Waals surface area (Å²) in [6.07, 6.45) is 1.38. The highest BCUT2D eigenvalue weighted by atomic mass is 19.1. The van der Waals surface area contributed by atoms with Crippen LogP contribution in [0.15, 0.2) is 72.8 Å². The van der Waals surface area contributed by atoms with Gasteiger partial charge in [-0.1, -0.05) is 30.3 Å². The van der Waals surface area contributed by atoms with Crippen LogP contribution in [0.2, 0.25) is 0 Å². The first-order valence-electron chi connectivity index (χ1n) is 10.2. The molecule has 1 aliphatic rings. The number of carbonyl (C=O) groups excluding carboxylic acids is 2. The van der Waals surface area contributed by atoms with E-state index in [1.54, 1.807) is 29.2 Å². The van der Waals surface area contributed by atoms with E-state index in [1.165, 1.54) is 30.3 Å². The quantitative estimate of drug-likeness (QED) is 0.637. The maximum atomic E-state index is 13.5. The number of carbonyl (C=O) groups is 2. The Labute approximate surface area is 179 Å². The second-order valence-electron chi connectivity index (χ2n) is 7.68. The molecule has 0 spiro atoms. The molecule has 0 radical (unpaired) electrons. The SMILES string of the molecule is O=C(Nc1cccc(-c2ccc(F)cc2)c1)[C@@H]1CCCN(C(=O)c2cccc(F)c2)C1. The van der Waals surface area contributed by atoms with Gasteiger partial charge < -0.3 is 10.2 Å². The van der Waals surface area contributed by atoms with E-state index >= 15 is 0 Å². The van der Waals surface area contributed by atoms with Crippen molar-refractivity contribution in [1.82, 2.24) is 4.90 Å². The van der Waals surface area contributed by atoms with Crippen molar-refractivity contribution in [2.24, 2.45) is 5.92 Å². The molecule has 0 aliphatic carbocycles. The summed E-state index contributed by atoms with van der Waals surface area (Å²) in [5.41, 5.74) is 2.64. The summed E-state index contributed by atoms with van der Waals surface area (Å²) in [7, 11) is 0. The van der Waals surface area contributed by atoms with Crippen LogP contribution in [-0.4, -0.2) is 29.8 Å². The Balaban J connectivity index is 1.43. The molecule has 158 valence electrons. The minimum absolute atomic E-state index is 0.159. The maximum Gasteiger partial charge on any atom is 0.253 e. The monoisotopic (exact) mass is 420 g/mol. The highest BCUT2D eigenvalue weighted by Crippen LogP contribution is 2.25. The van der Waals surface area contributed by atoms with Crippen molar-refractivity contribution in [3.8, 4) is 11.1 Å². The van der Waals surface area contributed by atoms with E-state index in [-0.39, 0.29) is 29.1 Å². The number of nitrogens with zero attached hydrogens (tertiary/aromatic N) is 1. The van der Waals surface area contributed by atoms with Gasteiger partial charge in [0.25, 0.3) is 5.91 Å². The minimum Gasteiger partial charge on any atom is -0.338 e. The zero-order valence-electron chi connectivity index (χ0n) is 16.9. The molecule has 3 aromatic rings. The lowest BCUT2D eigenvalue weighted by Crippen LogP contribution is -2.43. The first-order chi connectivity index (χ1) is 15.0. The average Bonchev–Trinajstić information content (AvgIpc) is 2.79. The summed E-state index contributed by atoms with van der Waals surface area (Å²) in [4.78, 5) is 27.2. The fourth-order valence-electron chi connectivity index (χ4n) is 3.84. The smallest absolute Gasteiger partial charge is 0.253 e. The fraction of sp³-hybridized carbons (Fsp3) is 0.200. The summed E-state index contributed by atoms with van der Waals surface area (Å²) in [5.74, 6) is -1.54. The molecule has 31 heavy (non-hydrogen) atoms. The van der Waals surface area contributed by atoms with E-state index in [4.69, 9.17) is 0 Å². The number of nitrogens with one attached hydrogen (secondary N) is 1. The van der Waals surface area contributed by atoms with Crippen LogP contribution in [0.5, 0.6) is 0 Å². The molecule has 1 N–H and O–H groups in total. The van der Waals surface area contributed by atoms with Crippen LogP contribution in [0.4, 0.5) is 14.5 Å². The minimum atomic E-state index is -0.460. The number of hydrogen-bond acceptors (Lipinski definition) is 2. The highest BCUT2D eigenvalue weighted by molar-refractivity contribution is 5.96. The summed E-state index contributed by atoms with van der Waals surface area (Å²) in [5, 5.41) is 2.93. The van der Waals surface area contributed by atoms with Crippen molar-refractivity contribution in [3.05, 3.63) is 90.0 Å². The highest BCUT2D eigenvalue weighted by Gasteiger charge is 2.29. The largest absolute Gasteiger partial charge is 0.338 e. The lowest BCUT2D eigenvalue weighted by atomic mass is 9.96. The lowest BCUT2D eigenvalue weighted by molar-refractivity contribution is -0.121. The molecule has 1 saturated heterocycles. The normalized spacial score (nSPS) is 16.1. The van der Waals surface area contributed by atoms with E-state index in [0.29, 0.717) is 31.6 Å². The second-order valence-corrected chi connectivity index (χ2v) is 7.68. The third-order valence-corrected chi connectivity index (χ3v) is 5.46. The Kier molecular flexibility index (Phi) is 6.07. The van der Waals surface area contributed by atoms with Crippen molar-refractivity contribution in [2.75, 3.05) is 18.4 Å². The Morgan fingerprint density at radius 1 is 0.871 bits per heavy atom. The number of anilines is 1. The van der Waals surface area contributed by atoms with Crippen LogP contribution < -0.4 is 5.32 Å². The first kappa shape index (κ1) is 20.7. The molecule has 2 amide bonds. The van der Waals surface area contributed by atoms with Crippen molar-refractivity contribution in [1.29, 1.82) is 0 Å². The molecule has 0 saturated carbocycles. The molecule has 3 aromatic carbocycles. The number of piperidine rings is 1. The standard InChI is InChI=1S/C25H22F2N2O2/c26-21-11-9-17(10-12-21)18-4-2-8-23(15-18)28-24(30)20-6-3-13-29(16-20)25(31)19-5-1-7-22(27)14-19/h1-2,4-5,7-12,14-15,20H,3,6,13,16H2,(H,28,30)/t20-/m1/s1. The van der Waals surface area contributed by atoms with Crippen LogP contribution in [0.25, 0.3) is 11.1 Å². The Bertz CT molecular complexity index is 1100. The van der Waals surface area contributed by atoms with Crippen LogP contribution in [0, 0.1) is 17.6 Å². The van der Waals surface area contributed by atoms with Crippen LogP contribution in [0.1, 0.15) is 23.2 Å². The molecular weight excluding hydrogens is 398 g/mol. The van der Waals surface area contributed by atoms with Gasteiger partial charge in [-0.2, -0.15) is 0 Å². The van der Waals surface area contributed by atoms with Crippen LogP contribution in [0.3, 0.4) is 0 Å². The predicted octanol–water partition coefficient (Wildman–Crippen LogP) is 5.12. The molecule has 4 rings (SSSR count). The van der Waals surface area contributed by atoms with Crippen molar-refractivity contribution < 1.29 is 18.4 Å². The third kappa shape index (κ3) is 4.97. The first-order valence-corrected chi connectivity index (χ1v) is 10.2.